The van der Waals surface area contributed by atoms with Gasteiger partial charge in [-0.1, -0.05) is 0 Å². The fraction of sp³-hybridized carbons (Fsp3) is 0.417. The van der Waals surface area contributed by atoms with Gasteiger partial charge in [-0.15, -0.1) is 0 Å². The summed E-state index contributed by atoms with van der Waals surface area (Å²) < 4.78 is 15.4. The van der Waals surface area contributed by atoms with Crippen LogP contribution in [0.25, 0.3) is 0 Å². The summed E-state index contributed by atoms with van der Waals surface area (Å²) in [6.07, 6.45) is 0.804. The molecule has 0 spiro atoms. The Labute approximate surface area is 95.1 Å². The molecule has 0 atom stereocenters. The molecule has 0 unspecified atom stereocenters. The fourth-order valence-corrected chi connectivity index (χ4v) is 1.31. The molecule has 0 bridgehead atoms. The number of carbonyl (C=O) groups is 1. The zero-order valence-corrected chi connectivity index (χ0v) is 9.56. The monoisotopic (exact) mass is 224 g/mol. The molecule has 0 aliphatic heterocycles. The zero-order valence-electron chi connectivity index (χ0n) is 9.56. The zero-order chi connectivity index (χ0) is 11.8. The first-order chi connectivity index (χ1) is 7.81. The van der Waals surface area contributed by atoms with E-state index in [1.54, 1.807) is 32.4 Å². The minimum Gasteiger partial charge on any atom is -0.496 e. The van der Waals surface area contributed by atoms with E-state index in [0.29, 0.717) is 25.4 Å². The van der Waals surface area contributed by atoms with E-state index in [-0.39, 0.29) is 0 Å². The van der Waals surface area contributed by atoms with Crippen molar-refractivity contribution in [2.75, 3.05) is 27.4 Å². The third-order valence-electron chi connectivity index (χ3n) is 2.13. The number of rotatable bonds is 7. The van der Waals surface area contributed by atoms with E-state index >= 15 is 0 Å². The molecule has 0 amide bonds. The molecule has 0 aliphatic rings. The molecule has 1 aromatic rings. The lowest BCUT2D eigenvalue weighted by molar-refractivity contribution is 0.0607. The molecule has 0 aliphatic carbocycles. The van der Waals surface area contributed by atoms with Gasteiger partial charge in [0.2, 0.25) is 0 Å². The van der Waals surface area contributed by atoms with Gasteiger partial charge in [-0.05, 0) is 18.2 Å². The number of hydrogen-bond acceptors (Lipinski definition) is 4. The van der Waals surface area contributed by atoms with Crippen LogP contribution in [0, 0.1) is 0 Å². The quantitative estimate of drug-likeness (QED) is 0.522. The van der Waals surface area contributed by atoms with Crippen LogP contribution < -0.4 is 4.74 Å². The summed E-state index contributed by atoms with van der Waals surface area (Å²) >= 11 is 0. The molecule has 4 nitrogen and oxygen atoms in total. The minimum absolute atomic E-state index is 0.411. The first-order valence-corrected chi connectivity index (χ1v) is 5.00. The summed E-state index contributed by atoms with van der Waals surface area (Å²) in [6.45, 7) is 1.48. The maximum Gasteiger partial charge on any atom is 0.150 e. The Morgan fingerprint density at radius 1 is 1.25 bits per heavy atom. The lowest BCUT2D eigenvalue weighted by Crippen LogP contribution is -2.03. The van der Waals surface area contributed by atoms with Crippen LogP contribution in [0.4, 0.5) is 0 Å². The first-order valence-electron chi connectivity index (χ1n) is 5.00. The second kappa shape index (κ2) is 6.98. The number of benzene rings is 1. The Morgan fingerprint density at radius 3 is 2.69 bits per heavy atom. The first kappa shape index (κ1) is 12.7. The highest BCUT2D eigenvalue weighted by Gasteiger charge is 2.04. The smallest absolute Gasteiger partial charge is 0.150 e. The van der Waals surface area contributed by atoms with Crippen LogP contribution in [-0.2, 0) is 16.1 Å². The lowest BCUT2D eigenvalue weighted by atomic mass is 10.1. The highest BCUT2D eigenvalue weighted by atomic mass is 16.5. The SMILES string of the molecule is COCCOCc1cc(C=O)ccc1OC. The molecular formula is C12H16O4. The van der Waals surface area contributed by atoms with E-state index in [1.807, 2.05) is 0 Å². The lowest BCUT2D eigenvalue weighted by Gasteiger charge is -2.09. The summed E-state index contributed by atoms with van der Waals surface area (Å²) in [5, 5.41) is 0. The maximum absolute atomic E-state index is 10.6. The Hall–Kier alpha value is -1.39. The van der Waals surface area contributed by atoms with Crippen molar-refractivity contribution in [1.82, 2.24) is 0 Å². The molecule has 0 saturated carbocycles. The van der Waals surface area contributed by atoms with Crippen molar-refractivity contribution in [3.63, 3.8) is 0 Å². The molecule has 88 valence electrons. The van der Waals surface area contributed by atoms with E-state index in [4.69, 9.17) is 14.2 Å². The van der Waals surface area contributed by atoms with Crippen LogP contribution in [0.2, 0.25) is 0 Å². The van der Waals surface area contributed by atoms with Gasteiger partial charge in [-0.3, -0.25) is 4.79 Å². The molecule has 16 heavy (non-hydrogen) atoms. The van der Waals surface area contributed by atoms with Gasteiger partial charge >= 0.3 is 0 Å². The predicted octanol–water partition coefficient (Wildman–Crippen LogP) is 1.67. The summed E-state index contributed by atoms with van der Waals surface area (Å²) in [5.74, 6) is 0.725. The average Bonchev–Trinajstić information content (AvgIpc) is 2.34. The molecule has 0 radical (unpaired) electrons. The Bertz CT molecular complexity index is 336. The standard InChI is InChI=1S/C12H16O4/c1-14-5-6-16-9-11-7-10(8-13)3-4-12(11)15-2/h3-4,7-8H,5-6,9H2,1-2H3. The average molecular weight is 224 g/mol. The van der Waals surface area contributed by atoms with E-state index < -0.39 is 0 Å². The van der Waals surface area contributed by atoms with Crippen molar-refractivity contribution in [3.05, 3.63) is 29.3 Å². The number of carbonyl (C=O) groups excluding carboxylic acids is 1. The van der Waals surface area contributed by atoms with Gasteiger partial charge in [-0.25, -0.2) is 0 Å². The van der Waals surface area contributed by atoms with E-state index in [9.17, 15) is 4.79 Å². The van der Waals surface area contributed by atoms with Crippen molar-refractivity contribution in [2.24, 2.45) is 0 Å². The Kier molecular flexibility index (Phi) is 5.53. The molecule has 4 heteroatoms. The van der Waals surface area contributed by atoms with Gasteiger partial charge in [0.15, 0.2) is 0 Å². The topological polar surface area (TPSA) is 44.8 Å². The Morgan fingerprint density at radius 2 is 2.06 bits per heavy atom. The van der Waals surface area contributed by atoms with Gasteiger partial charge in [0.25, 0.3) is 0 Å². The highest BCUT2D eigenvalue weighted by molar-refractivity contribution is 5.75. The van der Waals surface area contributed by atoms with Crippen molar-refractivity contribution in [2.45, 2.75) is 6.61 Å². The summed E-state index contributed by atoms with van der Waals surface area (Å²) in [7, 11) is 3.21. The number of ether oxygens (including phenoxy) is 3. The second-order valence-electron chi connectivity index (χ2n) is 3.23. The third kappa shape index (κ3) is 3.64. The fourth-order valence-electron chi connectivity index (χ4n) is 1.31. The van der Waals surface area contributed by atoms with E-state index in [2.05, 4.69) is 0 Å². The van der Waals surface area contributed by atoms with Gasteiger partial charge in [0.05, 0.1) is 26.9 Å². The number of aldehydes is 1. The van der Waals surface area contributed by atoms with Gasteiger partial charge in [0, 0.05) is 18.2 Å². The molecule has 0 N–H and O–H groups in total. The van der Waals surface area contributed by atoms with Crippen molar-refractivity contribution in [3.8, 4) is 5.75 Å². The summed E-state index contributed by atoms with van der Waals surface area (Å²) in [5.41, 5.74) is 1.48. The molecule has 0 fully saturated rings. The van der Waals surface area contributed by atoms with Crippen LogP contribution in [0.1, 0.15) is 15.9 Å². The van der Waals surface area contributed by atoms with Crippen LogP contribution in [0.15, 0.2) is 18.2 Å². The number of methoxy groups -OCH3 is 2. The Balaban J connectivity index is 2.64. The van der Waals surface area contributed by atoms with Crippen molar-refractivity contribution >= 4 is 6.29 Å². The van der Waals surface area contributed by atoms with Crippen LogP contribution >= 0.6 is 0 Å². The van der Waals surface area contributed by atoms with Crippen LogP contribution in [0.5, 0.6) is 5.75 Å². The molecule has 1 rings (SSSR count). The third-order valence-corrected chi connectivity index (χ3v) is 2.13. The molecule has 1 aromatic carbocycles. The molecule has 0 saturated heterocycles. The predicted molar refractivity (Wildman–Crippen MR) is 59.9 cm³/mol. The van der Waals surface area contributed by atoms with E-state index in [0.717, 1.165) is 17.6 Å². The summed E-state index contributed by atoms with van der Waals surface area (Å²) in [4.78, 5) is 10.6. The normalized spacial score (nSPS) is 10.1. The van der Waals surface area contributed by atoms with Gasteiger partial charge < -0.3 is 14.2 Å². The minimum atomic E-state index is 0.411. The largest absolute Gasteiger partial charge is 0.496 e. The van der Waals surface area contributed by atoms with Crippen molar-refractivity contribution in [1.29, 1.82) is 0 Å². The van der Waals surface area contributed by atoms with Gasteiger partial charge in [-0.2, -0.15) is 0 Å². The van der Waals surface area contributed by atoms with E-state index in [1.165, 1.54) is 0 Å². The van der Waals surface area contributed by atoms with Crippen LogP contribution in [0.3, 0.4) is 0 Å². The molecule has 0 aromatic heterocycles. The summed E-state index contributed by atoms with van der Waals surface area (Å²) in [6, 6.07) is 5.24. The van der Waals surface area contributed by atoms with Crippen molar-refractivity contribution < 1.29 is 19.0 Å². The molecular weight excluding hydrogens is 208 g/mol. The molecule has 0 heterocycles. The number of hydrogen-bond donors (Lipinski definition) is 0. The highest BCUT2D eigenvalue weighted by Crippen LogP contribution is 2.20. The second-order valence-corrected chi connectivity index (χ2v) is 3.23. The van der Waals surface area contributed by atoms with Crippen LogP contribution in [-0.4, -0.2) is 33.7 Å². The van der Waals surface area contributed by atoms with Gasteiger partial charge in [0.1, 0.15) is 12.0 Å². The maximum atomic E-state index is 10.6.